The number of nitrogens with zero attached hydrogens (tertiary/aromatic N) is 3. The Balaban J connectivity index is 1.27. The van der Waals surface area contributed by atoms with Gasteiger partial charge in [-0.1, -0.05) is 146 Å². The molecule has 10 aromatic rings. The fourth-order valence-electron chi connectivity index (χ4n) is 7.17. The summed E-state index contributed by atoms with van der Waals surface area (Å²) in [5, 5.41) is 8.60. The van der Waals surface area contributed by atoms with Crippen LogP contribution in [-0.4, -0.2) is 15.0 Å². The van der Waals surface area contributed by atoms with Crippen molar-refractivity contribution < 1.29 is 4.42 Å². The molecule has 0 aliphatic rings. The van der Waals surface area contributed by atoms with Gasteiger partial charge >= 0.3 is 0 Å². The molecule has 2 heterocycles. The van der Waals surface area contributed by atoms with Crippen LogP contribution in [0.25, 0.3) is 99.5 Å². The lowest BCUT2D eigenvalue weighted by atomic mass is 9.98. The van der Waals surface area contributed by atoms with Gasteiger partial charge in [0.25, 0.3) is 0 Å². The van der Waals surface area contributed by atoms with E-state index >= 15 is 0 Å². The maximum absolute atomic E-state index is 6.65. The highest BCUT2D eigenvalue weighted by molar-refractivity contribution is 6.19. The highest BCUT2D eigenvalue weighted by Gasteiger charge is 2.20. The molecule has 0 aliphatic carbocycles. The fourth-order valence-corrected chi connectivity index (χ4v) is 7.17. The average molecular weight is 626 g/mol. The summed E-state index contributed by atoms with van der Waals surface area (Å²) >= 11 is 0. The van der Waals surface area contributed by atoms with Gasteiger partial charge in [0.2, 0.25) is 0 Å². The Labute approximate surface area is 282 Å². The largest absolute Gasteiger partial charge is 0.455 e. The van der Waals surface area contributed by atoms with Crippen molar-refractivity contribution in [2.24, 2.45) is 0 Å². The summed E-state index contributed by atoms with van der Waals surface area (Å²) in [6.07, 6.45) is 0. The Morgan fingerprint density at radius 3 is 1.51 bits per heavy atom. The first kappa shape index (κ1) is 27.5. The first-order chi connectivity index (χ1) is 24.3. The minimum atomic E-state index is 0.620. The Bertz CT molecular complexity index is 2780. The zero-order valence-electron chi connectivity index (χ0n) is 26.3. The van der Waals surface area contributed by atoms with Crippen molar-refractivity contribution in [3.05, 3.63) is 164 Å². The van der Waals surface area contributed by atoms with Crippen molar-refractivity contribution in [1.29, 1.82) is 0 Å². The average Bonchev–Trinajstić information content (AvgIpc) is 3.55. The maximum Gasteiger partial charge on any atom is 0.164 e. The molecule has 0 N–H and O–H groups in total. The standard InChI is InChI=1S/C45H27N3O/c1-2-12-28(13-3-1)31-24-25-35-39-27-40(34-20-8-9-21-36(34)42(39)49-41(35)26-31)45-47-43(37-22-10-16-29-14-4-6-18-32(29)37)46-44(48-45)38-23-11-17-30-15-5-7-19-33(30)38/h1-27H. The quantitative estimate of drug-likeness (QED) is 0.195. The first-order valence-electron chi connectivity index (χ1n) is 16.4. The van der Waals surface area contributed by atoms with Crippen LogP contribution in [0, 0.1) is 0 Å². The van der Waals surface area contributed by atoms with E-state index < -0.39 is 0 Å². The van der Waals surface area contributed by atoms with Gasteiger partial charge < -0.3 is 4.42 Å². The third kappa shape index (κ3) is 4.49. The van der Waals surface area contributed by atoms with E-state index in [0.29, 0.717) is 17.5 Å². The molecule has 0 aliphatic heterocycles. The van der Waals surface area contributed by atoms with Gasteiger partial charge in [-0.2, -0.15) is 0 Å². The summed E-state index contributed by atoms with van der Waals surface area (Å²) in [6, 6.07) is 56.8. The fraction of sp³-hybridized carbons (Fsp3) is 0. The third-order valence-corrected chi connectivity index (χ3v) is 9.52. The van der Waals surface area contributed by atoms with Crippen LogP contribution in [-0.2, 0) is 0 Å². The molecular weight excluding hydrogens is 599 g/mol. The van der Waals surface area contributed by atoms with Crippen LogP contribution >= 0.6 is 0 Å². The lowest BCUT2D eigenvalue weighted by Crippen LogP contribution is -2.01. The van der Waals surface area contributed by atoms with E-state index in [1.54, 1.807) is 0 Å². The van der Waals surface area contributed by atoms with Crippen LogP contribution in [0.3, 0.4) is 0 Å². The lowest BCUT2D eigenvalue weighted by Gasteiger charge is -2.13. The Morgan fingerprint density at radius 2 is 0.857 bits per heavy atom. The topological polar surface area (TPSA) is 51.8 Å². The molecule has 0 amide bonds. The first-order valence-corrected chi connectivity index (χ1v) is 16.4. The summed E-state index contributed by atoms with van der Waals surface area (Å²) in [5.41, 5.74) is 6.85. The summed E-state index contributed by atoms with van der Waals surface area (Å²) in [4.78, 5) is 15.7. The molecule has 0 saturated heterocycles. The molecule has 10 rings (SSSR count). The predicted molar refractivity (Wildman–Crippen MR) is 201 cm³/mol. The molecule has 0 atom stereocenters. The van der Waals surface area contributed by atoms with E-state index in [9.17, 15) is 0 Å². The zero-order chi connectivity index (χ0) is 32.3. The highest BCUT2D eigenvalue weighted by Crippen LogP contribution is 2.41. The number of rotatable bonds is 4. The minimum absolute atomic E-state index is 0.620. The molecular formula is C45H27N3O. The Hall–Kier alpha value is -6.65. The summed E-state index contributed by atoms with van der Waals surface area (Å²) < 4.78 is 6.65. The van der Waals surface area contributed by atoms with Gasteiger partial charge in [-0.25, -0.2) is 15.0 Å². The normalized spacial score (nSPS) is 11.7. The van der Waals surface area contributed by atoms with E-state index in [1.165, 1.54) is 0 Å². The van der Waals surface area contributed by atoms with Crippen molar-refractivity contribution in [3.8, 4) is 45.3 Å². The van der Waals surface area contributed by atoms with Crippen molar-refractivity contribution in [2.45, 2.75) is 0 Å². The van der Waals surface area contributed by atoms with E-state index in [0.717, 1.165) is 82.1 Å². The number of furan rings is 1. The summed E-state index contributed by atoms with van der Waals surface area (Å²) in [5.74, 6) is 1.89. The molecule has 49 heavy (non-hydrogen) atoms. The minimum Gasteiger partial charge on any atom is -0.455 e. The van der Waals surface area contributed by atoms with Crippen molar-refractivity contribution >= 4 is 54.3 Å². The second kappa shape index (κ2) is 11.0. The molecule has 228 valence electrons. The number of aromatic nitrogens is 3. The lowest BCUT2D eigenvalue weighted by molar-refractivity contribution is 0.673. The number of hydrogen-bond acceptors (Lipinski definition) is 4. The molecule has 0 spiro atoms. The number of benzene rings is 8. The van der Waals surface area contributed by atoms with E-state index in [-0.39, 0.29) is 0 Å². The van der Waals surface area contributed by atoms with Crippen LogP contribution in [0.2, 0.25) is 0 Å². The molecule has 2 aromatic heterocycles. The van der Waals surface area contributed by atoms with Crippen molar-refractivity contribution in [2.75, 3.05) is 0 Å². The maximum atomic E-state index is 6.65. The second-order valence-electron chi connectivity index (χ2n) is 12.4. The molecule has 0 saturated carbocycles. The van der Waals surface area contributed by atoms with Crippen LogP contribution in [0.4, 0.5) is 0 Å². The van der Waals surface area contributed by atoms with Crippen LogP contribution < -0.4 is 0 Å². The molecule has 0 unspecified atom stereocenters. The van der Waals surface area contributed by atoms with Gasteiger partial charge in [0.1, 0.15) is 11.2 Å². The summed E-state index contributed by atoms with van der Waals surface area (Å²) in [6.45, 7) is 0. The number of hydrogen-bond donors (Lipinski definition) is 0. The predicted octanol–water partition coefficient (Wildman–Crippen LogP) is 11.9. The van der Waals surface area contributed by atoms with Gasteiger partial charge in [0.15, 0.2) is 17.5 Å². The Morgan fingerprint density at radius 1 is 0.327 bits per heavy atom. The van der Waals surface area contributed by atoms with Crippen LogP contribution in [0.1, 0.15) is 0 Å². The second-order valence-corrected chi connectivity index (χ2v) is 12.4. The molecule has 4 heteroatoms. The molecule has 0 bridgehead atoms. The smallest absolute Gasteiger partial charge is 0.164 e. The molecule has 0 fully saturated rings. The molecule has 0 radical (unpaired) electrons. The van der Waals surface area contributed by atoms with Gasteiger partial charge in [-0.05, 0) is 56.3 Å². The van der Waals surface area contributed by atoms with Gasteiger partial charge in [-0.15, -0.1) is 0 Å². The highest BCUT2D eigenvalue weighted by atomic mass is 16.3. The van der Waals surface area contributed by atoms with E-state index in [4.69, 9.17) is 19.4 Å². The Kier molecular flexibility index (Phi) is 6.15. The summed E-state index contributed by atoms with van der Waals surface area (Å²) in [7, 11) is 0. The van der Waals surface area contributed by atoms with Gasteiger partial charge in [0, 0.05) is 32.8 Å². The monoisotopic (exact) mass is 625 g/mol. The van der Waals surface area contributed by atoms with Crippen LogP contribution in [0.5, 0.6) is 0 Å². The zero-order valence-corrected chi connectivity index (χ0v) is 26.3. The molecule has 4 nitrogen and oxygen atoms in total. The molecule has 8 aromatic carbocycles. The van der Waals surface area contributed by atoms with Crippen molar-refractivity contribution in [3.63, 3.8) is 0 Å². The number of fused-ring (bicyclic) bond motifs is 7. The van der Waals surface area contributed by atoms with Crippen molar-refractivity contribution in [1.82, 2.24) is 15.0 Å². The van der Waals surface area contributed by atoms with Crippen LogP contribution in [0.15, 0.2) is 168 Å². The third-order valence-electron chi connectivity index (χ3n) is 9.52. The van der Waals surface area contributed by atoms with Gasteiger partial charge in [-0.3, -0.25) is 0 Å². The van der Waals surface area contributed by atoms with E-state index in [2.05, 4.69) is 158 Å². The SMILES string of the molecule is c1ccc(-c2ccc3c(c2)oc2c4ccccc4c(-c4nc(-c5cccc6ccccc56)nc(-c5cccc6ccccc56)n4)cc32)cc1. The van der Waals surface area contributed by atoms with E-state index in [1.807, 2.05) is 6.07 Å². The van der Waals surface area contributed by atoms with Gasteiger partial charge in [0.05, 0.1) is 0 Å².